The molecule has 2 aliphatic rings. The Balaban J connectivity index is 1.86. The van der Waals surface area contributed by atoms with E-state index < -0.39 is 12.1 Å². The molecule has 0 bridgehead atoms. The molecule has 0 radical (unpaired) electrons. The standard InChI is InChI=1S/C16H17ClF3N/c1-15(6-7-15)14-8-12(13(17)9-21-14)10-2-4-11(5-3-10)16(18,19)20/h2,8-9,11H,3-7H2,1H3. The molecule has 1 unspecified atom stereocenters. The van der Waals surface area contributed by atoms with Crippen LogP contribution in [-0.2, 0) is 5.41 Å². The summed E-state index contributed by atoms with van der Waals surface area (Å²) in [7, 11) is 0. The molecule has 1 aromatic rings. The minimum Gasteiger partial charge on any atom is -0.259 e. The Bertz CT molecular complexity index is 588. The van der Waals surface area contributed by atoms with E-state index in [1.807, 2.05) is 6.07 Å². The maximum absolute atomic E-state index is 12.7. The van der Waals surface area contributed by atoms with Gasteiger partial charge in [0.05, 0.1) is 10.9 Å². The van der Waals surface area contributed by atoms with E-state index in [1.54, 1.807) is 12.3 Å². The van der Waals surface area contributed by atoms with Crippen molar-refractivity contribution in [3.05, 3.63) is 34.6 Å². The number of alkyl halides is 3. The third-order valence-electron chi connectivity index (χ3n) is 4.69. The molecule has 21 heavy (non-hydrogen) atoms. The first-order chi connectivity index (χ1) is 9.79. The molecule has 0 spiro atoms. The van der Waals surface area contributed by atoms with Gasteiger partial charge in [-0.3, -0.25) is 4.98 Å². The smallest absolute Gasteiger partial charge is 0.259 e. The topological polar surface area (TPSA) is 12.9 Å². The summed E-state index contributed by atoms with van der Waals surface area (Å²) < 4.78 is 38.1. The zero-order valence-corrected chi connectivity index (χ0v) is 12.6. The molecule has 0 aliphatic heterocycles. The van der Waals surface area contributed by atoms with Gasteiger partial charge < -0.3 is 0 Å². The van der Waals surface area contributed by atoms with Crippen LogP contribution in [0.15, 0.2) is 18.3 Å². The van der Waals surface area contributed by atoms with Crippen LogP contribution in [0, 0.1) is 5.92 Å². The maximum atomic E-state index is 12.7. The largest absolute Gasteiger partial charge is 0.392 e. The number of allylic oxidation sites excluding steroid dienone is 2. The summed E-state index contributed by atoms with van der Waals surface area (Å²) in [5, 5.41) is 0.528. The molecule has 1 heterocycles. The van der Waals surface area contributed by atoms with Crippen molar-refractivity contribution in [1.29, 1.82) is 0 Å². The molecule has 1 fully saturated rings. The second-order valence-electron chi connectivity index (χ2n) is 6.35. The van der Waals surface area contributed by atoms with Gasteiger partial charge in [0.15, 0.2) is 0 Å². The van der Waals surface area contributed by atoms with E-state index in [9.17, 15) is 13.2 Å². The number of hydrogen-bond donors (Lipinski definition) is 0. The lowest BCUT2D eigenvalue weighted by molar-refractivity contribution is -0.175. The molecular formula is C16H17ClF3N. The fourth-order valence-electron chi connectivity index (χ4n) is 2.83. The summed E-state index contributed by atoms with van der Waals surface area (Å²) in [6, 6.07) is 1.97. The van der Waals surface area contributed by atoms with E-state index in [2.05, 4.69) is 11.9 Å². The molecule has 0 aromatic carbocycles. The molecule has 0 N–H and O–H groups in total. The number of hydrogen-bond acceptors (Lipinski definition) is 1. The van der Waals surface area contributed by atoms with E-state index in [-0.39, 0.29) is 18.3 Å². The van der Waals surface area contributed by atoms with Gasteiger partial charge in [-0.15, -0.1) is 0 Å². The second-order valence-corrected chi connectivity index (χ2v) is 6.76. The van der Waals surface area contributed by atoms with Crippen molar-refractivity contribution in [1.82, 2.24) is 4.98 Å². The first-order valence-electron chi connectivity index (χ1n) is 7.22. The number of pyridine rings is 1. The minimum absolute atomic E-state index is 0.0457. The predicted octanol–water partition coefficient (Wildman–Crippen LogP) is 5.53. The summed E-state index contributed by atoms with van der Waals surface area (Å²) in [6.45, 7) is 2.15. The molecule has 1 aromatic heterocycles. The number of aromatic nitrogens is 1. The van der Waals surface area contributed by atoms with Crippen molar-refractivity contribution in [3.8, 4) is 0 Å². The third kappa shape index (κ3) is 2.96. The summed E-state index contributed by atoms with van der Waals surface area (Å²) in [4.78, 5) is 4.38. The average Bonchev–Trinajstić information content (AvgIpc) is 3.17. The normalized spacial score (nSPS) is 24.6. The van der Waals surface area contributed by atoms with Gasteiger partial charge in [-0.25, -0.2) is 0 Å². The van der Waals surface area contributed by atoms with Gasteiger partial charge in [-0.05, 0) is 49.3 Å². The Morgan fingerprint density at radius 2 is 2.05 bits per heavy atom. The molecule has 1 atom stereocenters. The summed E-state index contributed by atoms with van der Waals surface area (Å²) >= 11 is 6.20. The van der Waals surface area contributed by atoms with E-state index in [0.29, 0.717) is 11.4 Å². The molecule has 0 saturated heterocycles. The summed E-state index contributed by atoms with van der Waals surface area (Å²) in [5.74, 6) is -1.22. The van der Waals surface area contributed by atoms with Gasteiger partial charge in [0.25, 0.3) is 0 Å². The Kier molecular flexibility index (Phi) is 3.55. The second kappa shape index (κ2) is 5.01. The van der Waals surface area contributed by atoms with Crippen LogP contribution in [0.4, 0.5) is 13.2 Å². The van der Waals surface area contributed by atoms with Crippen molar-refractivity contribution in [2.75, 3.05) is 0 Å². The molecule has 1 saturated carbocycles. The molecule has 2 aliphatic carbocycles. The number of rotatable bonds is 2. The zero-order valence-electron chi connectivity index (χ0n) is 11.8. The van der Waals surface area contributed by atoms with Crippen LogP contribution in [-0.4, -0.2) is 11.2 Å². The zero-order chi connectivity index (χ0) is 15.3. The van der Waals surface area contributed by atoms with Crippen molar-refractivity contribution in [2.45, 2.75) is 50.6 Å². The lowest BCUT2D eigenvalue weighted by Crippen LogP contribution is -2.24. The minimum atomic E-state index is -4.10. The fourth-order valence-corrected chi connectivity index (χ4v) is 3.06. The average molecular weight is 316 g/mol. The van der Waals surface area contributed by atoms with Crippen LogP contribution in [0.25, 0.3) is 5.57 Å². The third-order valence-corrected chi connectivity index (χ3v) is 4.99. The van der Waals surface area contributed by atoms with Crippen LogP contribution in [0.2, 0.25) is 5.02 Å². The van der Waals surface area contributed by atoms with Crippen molar-refractivity contribution >= 4 is 17.2 Å². The Labute approximate surface area is 127 Å². The van der Waals surface area contributed by atoms with Crippen LogP contribution < -0.4 is 0 Å². The number of halogens is 4. The molecule has 1 nitrogen and oxygen atoms in total. The van der Waals surface area contributed by atoms with Crippen molar-refractivity contribution in [3.63, 3.8) is 0 Å². The maximum Gasteiger partial charge on any atom is 0.392 e. The summed E-state index contributed by atoms with van der Waals surface area (Å²) in [5.41, 5.74) is 2.91. The Hall–Kier alpha value is -1.03. The van der Waals surface area contributed by atoms with E-state index in [1.165, 1.54) is 0 Å². The SMILES string of the molecule is CC1(c2cc(C3=CCC(C(F)(F)F)CC3)c(Cl)cn2)CC1. The summed E-state index contributed by atoms with van der Waals surface area (Å²) in [6.07, 6.45) is 2.05. The van der Waals surface area contributed by atoms with Crippen LogP contribution in [0.1, 0.15) is 50.3 Å². The van der Waals surface area contributed by atoms with E-state index >= 15 is 0 Å². The Morgan fingerprint density at radius 3 is 2.57 bits per heavy atom. The first kappa shape index (κ1) is 14.9. The predicted molar refractivity (Wildman–Crippen MR) is 77.2 cm³/mol. The lowest BCUT2D eigenvalue weighted by Gasteiger charge is -2.25. The highest BCUT2D eigenvalue weighted by molar-refractivity contribution is 6.32. The Morgan fingerprint density at radius 1 is 1.33 bits per heavy atom. The monoisotopic (exact) mass is 315 g/mol. The van der Waals surface area contributed by atoms with Gasteiger partial charge in [-0.2, -0.15) is 13.2 Å². The van der Waals surface area contributed by atoms with Gasteiger partial charge >= 0.3 is 6.18 Å². The molecule has 5 heteroatoms. The molecule has 114 valence electrons. The van der Waals surface area contributed by atoms with Crippen molar-refractivity contribution < 1.29 is 13.2 Å². The van der Waals surface area contributed by atoms with Crippen LogP contribution in [0.5, 0.6) is 0 Å². The lowest BCUT2D eigenvalue weighted by atomic mass is 9.86. The molecule has 3 rings (SSSR count). The first-order valence-corrected chi connectivity index (χ1v) is 7.59. The highest BCUT2D eigenvalue weighted by Crippen LogP contribution is 2.48. The van der Waals surface area contributed by atoms with Gasteiger partial charge in [0.1, 0.15) is 0 Å². The molecular weight excluding hydrogens is 299 g/mol. The highest BCUT2D eigenvalue weighted by Gasteiger charge is 2.42. The molecule has 0 amide bonds. The van der Waals surface area contributed by atoms with E-state index in [4.69, 9.17) is 11.6 Å². The highest BCUT2D eigenvalue weighted by atomic mass is 35.5. The van der Waals surface area contributed by atoms with E-state index in [0.717, 1.165) is 29.7 Å². The number of nitrogens with zero attached hydrogens (tertiary/aromatic N) is 1. The van der Waals surface area contributed by atoms with Gasteiger partial charge in [-0.1, -0.05) is 24.6 Å². The van der Waals surface area contributed by atoms with Crippen LogP contribution in [0.3, 0.4) is 0 Å². The van der Waals surface area contributed by atoms with Gasteiger partial charge in [0, 0.05) is 17.3 Å². The van der Waals surface area contributed by atoms with Crippen molar-refractivity contribution in [2.24, 2.45) is 5.92 Å². The quantitative estimate of drug-likeness (QED) is 0.699. The van der Waals surface area contributed by atoms with Crippen LogP contribution >= 0.6 is 11.6 Å². The fraction of sp³-hybridized carbons (Fsp3) is 0.562. The van der Waals surface area contributed by atoms with Gasteiger partial charge in [0.2, 0.25) is 0 Å².